The van der Waals surface area contributed by atoms with E-state index in [2.05, 4.69) is 26.8 Å². The van der Waals surface area contributed by atoms with E-state index in [-0.39, 0.29) is 5.91 Å². The SMILES string of the molecule is CCN(C(C)=O)C1=CCC2(C)C(CCC3C4CCCC4(C)CCC32)C1. The van der Waals surface area contributed by atoms with Crippen LogP contribution in [0.5, 0.6) is 0 Å². The van der Waals surface area contributed by atoms with Crippen LogP contribution in [0, 0.1) is 34.5 Å². The summed E-state index contributed by atoms with van der Waals surface area (Å²) in [6.45, 7) is 9.84. The Balaban J connectivity index is 1.59. The topological polar surface area (TPSA) is 20.3 Å². The minimum absolute atomic E-state index is 0.213. The summed E-state index contributed by atoms with van der Waals surface area (Å²) in [5, 5.41) is 0. The highest BCUT2D eigenvalue weighted by Crippen LogP contribution is 2.66. The molecule has 4 rings (SSSR count). The van der Waals surface area contributed by atoms with E-state index < -0.39 is 0 Å². The number of hydrogen-bond donors (Lipinski definition) is 0. The molecule has 0 aromatic carbocycles. The van der Waals surface area contributed by atoms with Gasteiger partial charge in [-0.3, -0.25) is 4.79 Å². The Morgan fingerprint density at radius 3 is 2.68 bits per heavy atom. The van der Waals surface area contributed by atoms with Gasteiger partial charge < -0.3 is 4.90 Å². The first-order valence-electron chi connectivity index (χ1n) is 10.9. The second kappa shape index (κ2) is 6.13. The average molecular weight is 344 g/mol. The van der Waals surface area contributed by atoms with Gasteiger partial charge in [-0.05, 0) is 92.8 Å². The van der Waals surface area contributed by atoms with Gasteiger partial charge in [0.05, 0.1) is 0 Å². The molecule has 1 amide bonds. The molecule has 4 aliphatic carbocycles. The van der Waals surface area contributed by atoms with E-state index in [0.29, 0.717) is 10.8 Å². The van der Waals surface area contributed by atoms with Gasteiger partial charge in [-0.15, -0.1) is 0 Å². The second-order valence-corrected chi connectivity index (χ2v) is 10.1. The van der Waals surface area contributed by atoms with Crippen molar-refractivity contribution in [3.05, 3.63) is 11.8 Å². The molecule has 2 heteroatoms. The van der Waals surface area contributed by atoms with Crippen molar-refractivity contribution in [2.24, 2.45) is 34.5 Å². The summed E-state index contributed by atoms with van der Waals surface area (Å²) in [6, 6.07) is 0. The first kappa shape index (κ1) is 17.6. The van der Waals surface area contributed by atoms with Gasteiger partial charge in [0, 0.05) is 19.2 Å². The van der Waals surface area contributed by atoms with Crippen LogP contribution in [0.25, 0.3) is 0 Å². The lowest BCUT2D eigenvalue weighted by molar-refractivity contribution is -0.128. The van der Waals surface area contributed by atoms with E-state index in [9.17, 15) is 4.79 Å². The molecule has 4 aliphatic rings. The first-order valence-corrected chi connectivity index (χ1v) is 10.9. The third kappa shape index (κ3) is 2.61. The highest BCUT2D eigenvalue weighted by Gasteiger charge is 2.57. The predicted octanol–water partition coefficient (Wildman–Crippen LogP) is 5.78. The Morgan fingerprint density at radius 2 is 1.96 bits per heavy atom. The molecule has 2 nitrogen and oxygen atoms in total. The maximum absolute atomic E-state index is 12.0. The third-order valence-corrected chi connectivity index (χ3v) is 9.12. The first-order chi connectivity index (χ1) is 11.9. The molecule has 3 saturated carbocycles. The summed E-state index contributed by atoms with van der Waals surface area (Å²) in [5.74, 6) is 3.90. The molecule has 0 radical (unpaired) electrons. The summed E-state index contributed by atoms with van der Waals surface area (Å²) in [5.41, 5.74) is 2.46. The van der Waals surface area contributed by atoms with Crippen molar-refractivity contribution in [2.75, 3.05) is 6.54 Å². The Kier molecular flexibility index (Phi) is 4.32. The van der Waals surface area contributed by atoms with Gasteiger partial charge in [-0.1, -0.05) is 26.3 Å². The largest absolute Gasteiger partial charge is 0.317 e. The zero-order valence-electron chi connectivity index (χ0n) is 16.8. The van der Waals surface area contributed by atoms with E-state index in [1.54, 1.807) is 6.92 Å². The smallest absolute Gasteiger partial charge is 0.223 e. The Labute approximate surface area is 154 Å². The highest BCUT2D eigenvalue weighted by atomic mass is 16.2. The monoisotopic (exact) mass is 343 g/mol. The predicted molar refractivity (Wildman–Crippen MR) is 103 cm³/mol. The fourth-order valence-corrected chi connectivity index (χ4v) is 7.70. The molecule has 0 N–H and O–H groups in total. The summed E-state index contributed by atoms with van der Waals surface area (Å²) in [4.78, 5) is 14.0. The van der Waals surface area contributed by atoms with Crippen LogP contribution in [0.1, 0.15) is 85.5 Å². The molecule has 0 aliphatic heterocycles. The van der Waals surface area contributed by atoms with Gasteiger partial charge in [0.25, 0.3) is 0 Å². The molecule has 6 unspecified atom stereocenters. The Hall–Kier alpha value is -0.790. The number of hydrogen-bond acceptors (Lipinski definition) is 1. The van der Waals surface area contributed by atoms with Crippen molar-refractivity contribution >= 4 is 5.91 Å². The van der Waals surface area contributed by atoms with Crippen LogP contribution in [0.4, 0.5) is 0 Å². The van der Waals surface area contributed by atoms with Crippen molar-refractivity contribution in [1.29, 1.82) is 0 Å². The van der Waals surface area contributed by atoms with Crippen LogP contribution in [0.15, 0.2) is 11.8 Å². The number of carbonyl (C=O) groups is 1. The lowest BCUT2D eigenvalue weighted by Gasteiger charge is -2.59. The summed E-state index contributed by atoms with van der Waals surface area (Å²) in [7, 11) is 0. The van der Waals surface area contributed by atoms with E-state index in [4.69, 9.17) is 0 Å². The molecule has 0 bridgehead atoms. The van der Waals surface area contributed by atoms with Crippen LogP contribution < -0.4 is 0 Å². The number of allylic oxidation sites excluding steroid dienone is 2. The number of nitrogens with zero attached hydrogens (tertiary/aromatic N) is 1. The van der Waals surface area contributed by atoms with Gasteiger partial charge >= 0.3 is 0 Å². The van der Waals surface area contributed by atoms with Crippen molar-refractivity contribution < 1.29 is 4.79 Å². The van der Waals surface area contributed by atoms with E-state index in [1.165, 1.54) is 57.1 Å². The molecule has 140 valence electrons. The minimum Gasteiger partial charge on any atom is -0.317 e. The molecule has 0 aromatic rings. The van der Waals surface area contributed by atoms with E-state index in [0.717, 1.165) is 36.6 Å². The van der Waals surface area contributed by atoms with Crippen LogP contribution in [-0.4, -0.2) is 17.4 Å². The van der Waals surface area contributed by atoms with Gasteiger partial charge in [0.15, 0.2) is 0 Å². The zero-order valence-corrected chi connectivity index (χ0v) is 16.8. The molecule has 0 saturated heterocycles. The fraction of sp³-hybridized carbons (Fsp3) is 0.870. The van der Waals surface area contributed by atoms with Crippen molar-refractivity contribution in [2.45, 2.75) is 85.5 Å². The Bertz CT molecular complexity index is 581. The van der Waals surface area contributed by atoms with Gasteiger partial charge in [0.1, 0.15) is 0 Å². The van der Waals surface area contributed by atoms with E-state index >= 15 is 0 Å². The standard InChI is InChI=1S/C23H37NO/c1-5-24(16(2)25)18-10-14-23(4)17(15-18)8-9-19-20-7-6-12-22(20,3)13-11-21(19)23/h10,17,19-21H,5-9,11-15H2,1-4H3. The van der Waals surface area contributed by atoms with Crippen LogP contribution >= 0.6 is 0 Å². The average Bonchev–Trinajstić information content (AvgIpc) is 2.97. The minimum atomic E-state index is 0.213. The van der Waals surface area contributed by atoms with Crippen molar-refractivity contribution in [1.82, 2.24) is 4.90 Å². The number of fused-ring (bicyclic) bond motifs is 5. The number of amides is 1. The Morgan fingerprint density at radius 1 is 1.16 bits per heavy atom. The molecule has 0 heterocycles. The molecule has 6 atom stereocenters. The lowest BCUT2D eigenvalue weighted by Crippen LogP contribution is -2.52. The third-order valence-electron chi connectivity index (χ3n) is 9.12. The van der Waals surface area contributed by atoms with Crippen LogP contribution in [-0.2, 0) is 4.79 Å². The normalized spacial score (nSPS) is 45.8. The molecule has 0 aromatic heterocycles. The summed E-state index contributed by atoms with van der Waals surface area (Å²) in [6.07, 6.45) is 15.0. The van der Waals surface area contributed by atoms with Gasteiger partial charge in [-0.2, -0.15) is 0 Å². The van der Waals surface area contributed by atoms with E-state index in [1.807, 2.05) is 4.90 Å². The molecule has 25 heavy (non-hydrogen) atoms. The number of carbonyl (C=O) groups excluding carboxylic acids is 1. The van der Waals surface area contributed by atoms with Crippen LogP contribution in [0.2, 0.25) is 0 Å². The van der Waals surface area contributed by atoms with Crippen molar-refractivity contribution in [3.8, 4) is 0 Å². The summed E-state index contributed by atoms with van der Waals surface area (Å²) < 4.78 is 0. The molecular weight excluding hydrogens is 306 g/mol. The maximum atomic E-state index is 12.0. The number of rotatable bonds is 2. The summed E-state index contributed by atoms with van der Waals surface area (Å²) >= 11 is 0. The molecule has 3 fully saturated rings. The van der Waals surface area contributed by atoms with Gasteiger partial charge in [0.2, 0.25) is 5.91 Å². The fourth-order valence-electron chi connectivity index (χ4n) is 7.70. The maximum Gasteiger partial charge on any atom is 0.223 e. The highest BCUT2D eigenvalue weighted by molar-refractivity contribution is 5.75. The lowest BCUT2D eigenvalue weighted by atomic mass is 9.46. The quantitative estimate of drug-likeness (QED) is 0.622. The molecular formula is C23H37NO. The molecule has 0 spiro atoms. The second-order valence-electron chi connectivity index (χ2n) is 10.1. The van der Waals surface area contributed by atoms with Crippen LogP contribution in [0.3, 0.4) is 0 Å². The zero-order chi connectivity index (χ0) is 17.8. The van der Waals surface area contributed by atoms with Gasteiger partial charge in [-0.25, -0.2) is 0 Å². The van der Waals surface area contributed by atoms with Crippen molar-refractivity contribution in [3.63, 3.8) is 0 Å².